The standard InChI is InChI=1S/C9H14N2O3S/c12-8-6-10-11(7-8)15(13,14)9-4-2-1-3-5-9/h6-7,9,12H,1-5H2. The zero-order chi connectivity index (χ0) is 10.9. The molecule has 0 radical (unpaired) electrons. The fourth-order valence-electron chi connectivity index (χ4n) is 1.95. The van der Waals surface area contributed by atoms with E-state index in [0.29, 0.717) is 12.8 Å². The number of hydrogen-bond acceptors (Lipinski definition) is 4. The first kappa shape index (κ1) is 10.5. The Bertz CT molecular complexity index is 432. The highest BCUT2D eigenvalue weighted by molar-refractivity contribution is 7.90. The lowest BCUT2D eigenvalue weighted by molar-refractivity contribution is 0.471. The lowest BCUT2D eigenvalue weighted by Crippen LogP contribution is -2.29. The topological polar surface area (TPSA) is 72.2 Å². The SMILES string of the molecule is O=S(=O)(C1CCCCC1)n1cc(O)cn1. The second kappa shape index (κ2) is 3.84. The maximum atomic E-state index is 12.0. The van der Waals surface area contributed by atoms with Crippen molar-refractivity contribution in [2.75, 3.05) is 0 Å². The van der Waals surface area contributed by atoms with E-state index in [1.165, 1.54) is 0 Å². The summed E-state index contributed by atoms with van der Waals surface area (Å²) < 4.78 is 24.9. The molecule has 0 aromatic carbocycles. The van der Waals surface area contributed by atoms with Crippen LogP contribution in [0.5, 0.6) is 5.75 Å². The molecule has 0 saturated heterocycles. The van der Waals surface area contributed by atoms with Crippen molar-refractivity contribution < 1.29 is 13.5 Å². The Kier molecular flexibility index (Phi) is 2.68. The molecule has 1 aliphatic rings. The van der Waals surface area contributed by atoms with Gasteiger partial charge in [-0.05, 0) is 12.8 Å². The Labute approximate surface area is 88.8 Å². The lowest BCUT2D eigenvalue weighted by atomic mass is 10.0. The molecule has 5 nitrogen and oxygen atoms in total. The van der Waals surface area contributed by atoms with E-state index >= 15 is 0 Å². The molecule has 0 aliphatic heterocycles. The molecule has 0 bridgehead atoms. The lowest BCUT2D eigenvalue weighted by Gasteiger charge is -2.21. The maximum absolute atomic E-state index is 12.0. The molecule has 1 aromatic heterocycles. The summed E-state index contributed by atoms with van der Waals surface area (Å²) >= 11 is 0. The molecule has 0 atom stereocenters. The Hall–Kier alpha value is -1.04. The molecule has 1 aliphatic carbocycles. The van der Waals surface area contributed by atoms with Gasteiger partial charge in [0.2, 0.25) is 0 Å². The van der Waals surface area contributed by atoms with Gasteiger partial charge in [-0.25, -0.2) is 8.42 Å². The number of hydrogen-bond donors (Lipinski definition) is 1. The van der Waals surface area contributed by atoms with Crippen molar-refractivity contribution in [1.29, 1.82) is 0 Å². The third-order valence-corrected chi connectivity index (χ3v) is 4.82. The Morgan fingerprint density at radius 1 is 1.33 bits per heavy atom. The van der Waals surface area contributed by atoms with E-state index in [1.54, 1.807) is 0 Å². The van der Waals surface area contributed by atoms with Gasteiger partial charge in [-0.3, -0.25) is 0 Å². The molecule has 15 heavy (non-hydrogen) atoms. The number of rotatable bonds is 2. The molecule has 6 heteroatoms. The van der Waals surface area contributed by atoms with Crippen molar-refractivity contribution in [2.24, 2.45) is 0 Å². The van der Waals surface area contributed by atoms with Gasteiger partial charge in [0.25, 0.3) is 10.0 Å². The zero-order valence-corrected chi connectivity index (χ0v) is 9.15. The van der Waals surface area contributed by atoms with Crippen LogP contribution in [0.2, 0.25) is 0 Å². The molecule has 1 heterocycles. The van der Waals surface area contributed by atoms with Crippen molar-refractivity contribution in [2.45, 2.75) is 37.4 Å². The molecule has 1 aromatic rings. The van der Waals surface area contributed by atoms with Crippen LogP contribution in [0, 0.1) is 0 Å². The van der Waals surface area contributed by atoms with Crippen LogP contribution < -0.4 is 0 Å². The van der Waals surface area contributed by atoms with Crippen LogP contribution in [-0.4, -0.2) is 28.0 Å². The van der Waals surface area contributed by atoms with Gasteiger partial charge in [0, 0.05) is 0 Å². The first-order valence-electron chi connectivity index (χ1n) is 5.09. The molecule has 84 valence electrons. The quantitative estimate of drug-likeness (QED) is 0.825. The number of nitrogens with zero attached hydrogens (tertiary/aromatic N) is 2. The van der Waals surface area contributed by atoms with Crippen LogP contribution in [0.1, 0.15) is 32.1 Å². The molecule has 1 N–H and O–H groups in total. The first-order chi connectivity index (χ1) is 7.10. The minimum Gasteiger partial charge on any atom is -0.505 e. The van der Waals surface area contributed by atoms with Crippen LogP contribution in [0.25, 0.3) is 0 Å². The third-order valence-electron chi connectivity index (χ3n) is 2.78. The average Bonchev–Trinajstić information content (AvgIpc) is 2.67. The summed E-state index contributed by atoms with van der Waals surface area (Å²) in [5, 5.41) is 12.4. The van der Waals surface area contributed by atoms with Crippen LogP contribution in [0.15, 0.2) is 12.4 Å². The third kappa shape index (κ3) is 1.99. The molecular formula is C9H14N2O3S. The van der Waals surface area contributed by atoms with Crippen molar-refractivity contribution in [3.63, 3.8) is 0 Å². The van der Waals surface area contributed by atoms with Gasteiger partial charge in [-0.2, -0.15) is 9.19 Å². The van der Waals surface area contributed by atoms with E-state index in [9.17, 15) is 8.42 Å². The fourth-order valence-corrected chi connectivity index (χ4v) is 3.62. The summed E-state index contributed by atoms with van der Waals surface area (Å²) in [6.07, 6.45) is 6.70. The van der Waals surface area contributed by atoms with Gasteiger partial charge in [-0.15, -0.1) is 0 Å². The summed E-state index contributed by atoms with van der Waals surface area (Å²) in [5.41, 5.74) is 0. The van der Waals surface area contributed by atoms with Crippen molar-refractivity contribution >= 4 is 10.0 Å². The average molecular weight is 230 g/mol. The fraction of sp³-hybridized carbons (Fsp3) is 0.667. The molecule has 0 unspecified atom stereocenters. The van der Waals surface area contributed by atoms with E-state index in [1.807, 2.05) is 0 Å². The van der Waals surface area contributed by atoms with E-state index in [-0.39, 0.29) is 11.0 Å². The zero-order valence-electron chi connectivity index (χ0n) is 8.33. The van der Waals surface area contributed by atoms with Crippen LogP contribution in [-0.2, 0) is 10.0 Å². The number of aromatic nitrogens is 2. The highest BCUT2D eigenvalue weighted by atomic mass is 32.2. The first-order valence-corrected chi connectivity index (χ1v) is 6.59. The summed E-state index contributed by atoms with van der Waals surface area (Å²) in [5.74, 6) is -0.116. The van der Waals surface area contributed by atoms with Gasteiger partial charge < -0.3 is 5.11 Å². The summed E-state index contributed by atoms with van der Waals surface area (Å²) in [7, 11) is -3.40. The smallest absolute Gasteiger partial charge is 0.256 e. The normalized spacial score (nSPS) is 19.2. The molecule has 1 saturated carbocycles. The Morgan fingerprint density at radius 3 is 2.53 bits per heavy atom. The molecular weight excluding hydrogens is 216 g/mol. The molecule has 0 spiro atoms. The largest absolute Gasteiger partial charge is 0.505 e. The molecule has 2 rings (SSSR count). The van der Waals surface area contributed by atoms with Crippen LogP contribution >= 0.6 is 0 Å². The Morgan fingerprint density at radius 2 is 2.00 bits per heavy atom. The van der Waals surface area contributed by atoms with E-state index < -0.39 is 10.0 Å². The second-order valence-electron chi connectivity index (χ2n) is 3.88. The monoisotopic (exact) mass is 230 g/mol. The van der Waals surface area contributed by atoms with E-state index in [2.05, 4.69) is 5.10 Å². The van der Waals surface area contributed by atoms with Crippen LogP contribution in [0.3, 0.4) is 0 Å². The maximum Gasteiger partial charge on any atom is 0.256 e. The van der Waals surface area contributed by atoms with Gasteiger partial charge in [0.1, 0.15) is 0 Å². The minimum absolute atomic E-state index is 0.116. The van der Waals surface area contributed by atoms with E-state index in [0.717, 1.165) is 35.7 Å². The van der Waals surface area contributed by atoms with Gasteiger partial charge in [0.05, 0.1) is 17.6 Å². The van der Waals surface area contributed by atoms with Crippen LogP contribution in [0.4, 0.5) is 0 Å². The highest BCUT2D eigenvalue weighted by Gasteiger charge is 2.29. The predicted molar refractivity (Wildman–Crippen MR) is 55.1 cm³/mol. The molecule has 1 fully saturated rings. The summed E-state index contributed by atoms with van der Waals surface area (Å²) in [4.78, 5) is 0. The Balaban J connectivity index is 2.26. The van der Waals surface area contributed by atoms with Crippen molar-refractivity contribution in [3.8, 4) is 5.75 Å². The van der Waals surface area contributed by atoms with Crippen molar-refractivity contribution in [1.82, 2.24) is 9.19 Å². The summed E-state index contributed by atoms with van der Waals surface area (Å²) in [6.45, 7) is 0. The second-order valence-corrected chi connectivity index (χ2v) is 5.95. The van der Waals surface area contributed by atoms with Gasteiger partial charge >= 0.3 is 0 Å². The number of aromatic hydroxyl groups is 1. The highest BCUT2D eigenvalue weighted by Crippen LogP contribution is 2.25. The van der Waals surface area contributed by atoms with Gasteiger partial charge in [-0.1, -0.05) is 19.3 Å². The van der Waals surface area contributed by atoms with Gasteiger partial charge in [0.15, 0.2) is 5.75 Å². The summed E-state index contributed by atoms with van der Waals surface area (Å²) in [6, 6.07) is 0. The molecule has 0 amide bonds. The van der Waals surface area contributed by atoms with E-state index in [4.69, 9.17) is 5.11 Å². The predicted octanol–water partition coefficient (Wildman–Crippen LogP) is 1.10. The van der Waals surface area contributed by atoms with Crippen molar-refractivity contribution in [3.05, 3.63) is 12.4 Å². The minimum atomic E-state index is -3.40.